The summed E-state index contributed by atoms with van der Waals surface area (Å²) in [5.41, 5.74) is 7.06. The molecule has 0 aliphatic heterocycles. The zero-order valence-electron chi connectivity index (χ0n) is 45.5. The minimum atomic E-state index is 0.556. The van der Waals surface area contributed by atoms with E-state index in [0.717, 1.165) is 56.7 Å². The molecule has 0 radical (unpaired) electrons. The maximum absolute atomic E-state index is 2.42. The van der Waals surface area contributed by atoms with E-state index < -0.39 is 0 Å². The largest absolute Gasteiger partial charge is 0.0599 e. The van der Waals surface area contributed by atoms with Crippen LogP contribution >= 0.6 is 0 Å². The van der Waals surface area contributed by atoms with Crippen LogP contribution in [0.1, 0.15) is 309 Å². The molecule has 5 spiro atoms. The van der Waals surface area contributed by atoms with Crippen LogP contribution in [0.4, 0.5) is 0 Å². The second-order valence-electron chi connectivity index (χ2n) is 31.4. The van der Waals surface area contributed by atoms with Crippen molar-refractivity contribution >= 4 is 0 Å². The lowest BCUT2D eigenvalue weighted by molar-refractivity contribution is -0.0700. The number of hydrogen-bond acceptors (Lipinski definition) is 0. The van der Waals surface area contributed by atoms with E-state index in [0.29, 0.717) is 27.1 Å². The molecule has 2 unspecified atom stereocenters. The molecule has 0 heterocycles. The molecule has 0 amide bonds. The molecule has 0 aromatic rings. The maximum Gasteiger partial charge on any atom is -0.0261 e. The summed E-state index contributed by atoms with van der Waals surface area (Å²) in [5, 5.41) is 0. The molecule has 362 valence electrons. The summed E-state index contributed by atoms with van der Waals surface area (Å²) >= 11 is 0. The summed E-state index contributed by atoms with van der Waals surface area (Å²) in [5.74, 6) is 5.08. The molecule has 0 aromatic heterocycles. The Morgan fingerprint density at radius 2 is 0.532 bits per heavy atom. The van der Waals surface area contributed by atoms with Crippen molar-refractivity contribution in [3.05, 3.63) is 0 Å². The Labute approximate surface area is 391 Å². The fourth-order valence-corrected chi connectivity index (χ4v) is 16.4. The molecule has 10 rings (SSSR count). The third-order valence-electron chi connectivity index (χ3n) is 22.0. The average molecular weight is 860 g/mol. The highest BCUT2D eigenvalue weighted by Gasteiger charge is 2.59. The molecule has 0 aromatic carbocycles. The first-order valence-corrected chi connectivity index (χ1v) is 28.6. The number of hydrogen-bond donors (Lipinski definition) is 0. The summed E-state index contributed by atoms with van der Waals surface area (Å²) in [6.07, 6.45) is 48.9. The van der Waals surface area contributed by atoms with Gasteiger partial charge in [-0.05, 0) is 238 Å². The predicted octanol–water partition coefficient (Wildman–Crippen LogP) is 20.8. The van der Waals surface area contributed by atoms with E-state index in [1.165, 1.54) is 154 Å². The first-order valence-electron chi connectivity index (χ1n) is 28.6. The number of rotatable bonds is 0. The van der Waals surface area contributed by atoms with Gasteiger partial charge in [-0.3, -0.25) is 0 Å². The topological polar surface area (TPSA) is 0 Å². The van der Waals surface area contributed by atoms with Crippen LogP contribution in [0.15, 0.2) is 0 Å². The van der Waals surface area contributed by atoms with Gasteiger partial charge in [-0.25, -0.2) is 0 Å². The fraction of sp³-hybridized carbons (Fsp3) is 1.00. The van der Waals surface area contributed by atoms with Crippen LogP contribution in [-0.2, 0) is 0 Å². The van der Waals surface area contributed by atoms with E-state index in [1.54, 1.807) is 51.4 Å². The standard InChI is InChI=1S/C14H26.2C13H24.2C11H20/c1-13(2,3)12-6-10-14(11-7-12)8-4-5-9-14;1-12(2,3)11-5-9-13(10-6-11)7-4-8-13;1-12(2,3)11-6-9-13(10-11)7-4-5-8-13;1-10(2,3)9-7-11(8-9)5-4-6-11;1-10(2,3)9-8-11(9)6-4-5-7-11/h12H,4-11H2,1-3H3;2*11H,4-10H2,1-3H3;2*9H,4-8H2,1-3H3. The van der Waals surface area contributed by atoms with Gasteiger partial charge in [0.15, 0.2) is 0 Å². The van der Waals surface area contributed by atoms with E-state index in [9.17, 15) is 0 Å². The Hall–Kier alpha value is 0. The van der Waals surface area contributed by atoms with Gasteiger partial charge >= 0.3 is 0 Å². The molecule has 10 aliphatic rings. The van der Waals surface area contributed by atoms with Crippen molar-refractivity contribution in [2.24, 2.45) is 83.7 Å². The van der Waals surface area contributed by atoms with Crippen LogP contribution in [0, 0.1) is 83.7 Å². The van der Waals surface area contributed by atoms with E-state index in [1.807, 2.05) is 0 Å². The van der Waals surface area contributed by atoms with Gasteiger partial charge in [0, 0.05) is 0 Å². The third kappa shape index (κ3) is 12.9. The van der Waals surface area contributed by atoms with Gasteiger partial charge in [-0.2, -0.15) is 0 Å². The Balaban J connectivity index is 0.000000130. The molecular formula is C62H114. The van der Waals surface area contributed by atoms with Crippen molar-refractivity contribution in [2.45, 2.75) is 309 Å². The molecule has 62 heavy (non-hydrogen) atoms. The van der Waals surface area contributed by atoms with Crippen molar-refractivity contribution in [2.75, 3.05) is 0 Å². The van der Waals surface area contributed by atoms with Crippen molar-refractivity contribution in [3.8, 4) is 0 Å². The molecule has 0 N–H and O–H groups in total. The zero-order chi connectivity index (χ0) is 45.5. The lowest BCUT2D eigenvalue weighted by Gasteiger charge is -2.58. The molecule has 2 atom stereocenters. The van der Waals surface area contributed by atoms with Gasteiger partial charge in [0.1, 0.15) is 0 Å². The highest BCUT2D eigenvalue weighted by Crippen LogP contribution is 2.68. The van der Waals surface area contributed by atoms with Gasteiger partial charge < -0.3 is 0 Å². The van der Waals surface area contributed by atoms with Crippen LogP contribution in [-0.4, -0.2) is 0 Å². The second-order valence-corrected chi connectivity index (χ2v) is 31.4. The Bertz CT molecular complexity index is 1330. The molecule has 0 heteroatoms. The van der Waals surface area contributed by atoms with E-state index in [-0.39, 0.29) is 0 Å². The van der Waals surface area contributed by atoms with Gasteiger partial charge in [-0.15, -0.1) is 0 Å². The van der Waals surface area contributed by atoms with Crippen LogP contribution in [0.5, 0.6) is 0 Å². The molecule has 0 bridgehead atoms. The first-order chi connectivity index (χ1) is 28.6. The van der Waals surface area contributed by atoms with E-state index >= 15 is 0 Å². The van der Waals surface area contributed by atoms with Crippen molar-refractivity contribution in [1.29, 1.82) is 0 Å². The Morgan fingerprint density at radius 3 is 0.823 bits per heavy atom. The quantitative estimate of drug-likeness (QED) is 0.228. The Morgan fingerprint density at radius 1 is 0.242 bits per heavy atom. The minimum absolute atomic E-state index is 0.556. The smallest absolute Gasteiger partial charge is 0.0261 e. The first kappa shape index (κ1) is 51.4. The monoisotopic (exact) mass is 859 g/mol. The van der Waals surface area contributed by atoms with Crippen LogP contribution in [0.2, 0.25) is 0 Å². The second kappa shape index (κ2) is 19.2. The lowest BCUT2D eigenvalue weighted by atomic mass is 9.47. The van der Waals surface area contributed by atoms with Crippen molar-refractivity contribution < 1.29 is 0 Å². The molecule has 10 fully saturated rings. The fourth-order valence-electron chi connectivity index (χ4n) is 16.4. The van der Waals surface area contributed by atoms with Gasteiger partial charge in [0.25, 0.3) is 0 Å². The SMILES string of the molecule is CC(C)(C)C1CC12CCCC2.CC(C)(C)C1CC2(CCC2)C1.CC(C)(C)C1CCC2(CCC2)CC1.CC(C)(C)C1CCC2(CCCC2)C1.CC(C)(C)C1CCC2(CCCC2)CC1. The third-order valence-corrected chi connectivity index (χ3v) is 22.0. The molecule has 0 saturated heterocycles. The molecule has 10 saturated carbocycles. The average Bonchev–Trinajstić information content (AvgIpc) is 3.66. The summed E-state index contributed by atoms with van der Waals surface area (Å²) in [7, 11) is 0. The molecule has 10 aliphatic carbocycles. The molecular weight excluding hydrogens is 745 g/mol. The van der Waals surface area contributed by atoms with Crippen LogP contribution in [0.25, 0.3) is 0 Å². The Kier molecular flexibility index (Phi) is 15.9. The lowest BCUT2D eigenvalue weighted by Crippen LogP contribution is -2.47. The maximum atomic E-state index is 2.42. The normalized spacial score (nSPS) is 32.6. The predicted molar refractivity (Wildman–Crippen MR) is 275 cm³/mol. The van der Waals surface area contributed by atoms with Crippen molar-refractivity contribution in [3.63, 3.8) is 0 Å². The highest BCUT2D eigenvalue weighted by molar-refractivity contribution is 5.09. The van der Waals surface area contributed by atoms with Gasteiger partial charge in [0.05, 0.1) is 0 Å². The zero-order valence-corrected chi connectivity index (χ0v) is 45.5. The summed E-state index contributed by atoms with van der Waals surface area (Å²) < 4.78 is 0. The summed E-state index contributed by atoms with van der Waals surface area (Å²) in [6, 6.07) is 0. The van der Waals surface area contributed by atoms with Crippen LogP contribution < -0.4 is 0 Å². The van der Waals surface area contributed by atoms with Crippen molar-refractivity contribution in [1.82, 2.24) is 0 Å². The minimum Gasteiger partial charge on any atom is -0.0599 e. The highest BCUT2D eigenvalue weighted by atomic mass is 14.6. The molecule has 0 nitrogen and oxygen atoms in total. The van der Waals surface area contributed by atoms with E-state index in [4.69, 9.17) is 0 Å². The van der Waals surface area contributed by atoms with Gasteiger partial charge in [-0.1, -0.05) is 155 Å². The summed E-state index contributed by atoms with van der Waals surface area (Å²) in [6.45, 7) is 36.2. The van der Waals surface area contributed by atoms with Crippen LogP contribution in [0.3, 0.4) is 0 Å². The van der Waals surface area contributed by atoms with Gasteiger partial charge in [0.2, 0.25) is 0 Å². The van der Waals surface area contributed by atoms with E-state index in [2.05, 4.69) is 104 Å². The summed E-state index contributed by atoms with van der Waals surface area (Å²) in [4.78, 5) is 0.